The summed E-state index contributed by atoms with van der Waals surface area (Å²) < 4.78 is 18.6. The van der Waals surface area contributed by atoms with Crippen molar-refractivity contribution in [1.29, 1.82) is 0 Å². The number of carbonyl (C=O) groups excluding carboxylic acids is 2. The van der Waals surface area contributed by atoms with E-state index in [1.165, 1.54) is 12.1 Å². The fraction of sp³-hybridized carbons (Fsp3) is 0.476. The van der Waals surface area contributed by atoms with Crippen molar-refractivity contribution in [3.05, 3.63) is 53.0 Å². The summed E-state index contributed by atoms with van der Waals surface area (Å²) >= 11 is 0. The third-order valence-electron chi connectivity index (χ3n) is 5.15. The average molecular weight is 387 g/mol. The van der Waals surface area contributed by atoms with Crippen molar-refractivity contribution in [2.75, 3.05) is 13.1 Å². The molecule has 1 fully saturated rings. The van der Waals surface area contributed by atoms with Crippen LogP contribution in [0.15, 0.2) is 28.7 Å². The quantitative estimate of drug-likeness (QED) is 0.807. The van der Waals surface area contributed by atoms with Crippen LogP contribution >= 0.6 is 0 Å². The van der Waals surface area contributed by atoms with Crippen molar-refractivity contribution in [3.8, 4) is 0 Å². The van der Waals surface area contributed by atoms with E-state index in [4.69, 9.17) is 4.42 Å². The largest absolute Gasteiger partial charge is 0.445 e. The molecule has 0 radical (unpaired) electrons. The highest BCUT2D eigenvalue weighted by Gasteiger charge is 2.34. The number of aromatic nitrogens is 1. The Balaban J connectivity index is 1.84. The van der Waals surface area contributed by atoms with Gasteiger partial charge in [0, 0.05) is 33.0 Å². The molecule has 1 atom stereocenters. The van der Waals surface area contributed by atoms with Crippen molar-refractivity contribution in [2.45, 2.75) is 46.7 Å². The number of hydrogen-bond acceptors (Lipinski definition) is 4. The molecule has 2 heterocycles. The molecule has 28 heavy (non-hydrogen) atoms. The standard InChI is InChI=1S/C21H26FN3O3/c1-13(2)18-12-24(21(27)20-14(3)28-15(4)23-20)10-9-19(26)25(18)11-16-5-7-17(22)8-6-16/h5-8,13,18H,9-12H2,1-4H3/t18-/m0/s1. The monoisotopic (exact) mass is 387 g/mol. The fourth-order valence-electron chi connectivity index (χ4n) is 3.60. The summed E-state index contributed by atoms with van der Waals surface area (Å²) in [6, 6.07) is 6.03. The molecule has 1 aromatic heterocycles. The van der Waals surface area contributed by atoms with Crippen LogP contribution in [-0.4, -0.2) is 45.7 Å². The van der Waals surface area contributed by atoms with Gasteiger partial charge >= 0.3 is 0 Å². The van der Waals surface area contributed by atoms with Crippen LogP contribution < -0.4 is 0 Å². The van der Waals surface area contributed by atoms with Gasteiger partial charge in [-0.2, -0.15) is 0 Å². The van der Waals surface area contributed by atoms with Crippen LogP contribution in [0.25, 0.3) is 0 Å². The predicted molar refractivity (Wildman–Crippen MR) is 102 cm³/mol. The van der Waals surface area contributed by atoms with Gasteiger partial charge < -0.3 is 14.2 Å². The van der Waals surface area contributed by atoms with E-state index in [0.717, 1.165) is 5.56 Å². The van der Waals surface area contributed by atoms with Crippen molar-refractivity contribution >= 4 is 11.8 Å². The van der Waals surface area contributed by atoms with Gasteiger partial charge in [0.1, 0.15) is 11.6 Å². The first-order valence-electron chi connectivity index (χ1n) is 9.53. The van der Waals surface area contributed by atoms with E-state index in [0.29, 0.717) is 37.0 Å². The lowest BCUT2D eigenvalue weighted by Crippen LogP contribution is -2.47. The lowest BCUT2D eigenvalue weighted by atomic mass is 10.0. The second-order valence-electron chi connectivity index (χ2n) is 7.60. The Morgan fingerprint density at radius 2 is 1.96 bits per heavy atom. The minimum atomic E-state index is -0.304. The molecule has 1 saturated heterocycles. The van der Waals surface area contributed by atoms with Gasteiger partial charge in [0.05, 0.1) is 6.04 Å². The Morgan fingerprint density at radius 3 is 2.54 bits per heavy atom. The van der Waals surface area contributed by atoms with Gasteiger partial charge in [-0.05, 0) is 30.5 Å². The number of hydrogen-bond donors (Lipinski definition) is 0. The first-order valence-corrected chi connectivity index (χ1v) is 9.53. The van der Waals surface area contributed by atoms with Crippen LogP contribution in [-0.2, 0) is 11.3 Å². The highest BCUT2D eigenvalue weighted by molar-refractivity contribution is 5.93. The summed E-state index contributed by atoms with van der Waals surface area (Å²) in [5, 5.41) is 0. The van der Waals surface area contributed by atoms with E-state index in [1.807, 2.05) is 18.7 Å². The highest BCUT2D eigenvalue weighted by Crippen LogP contribution is 2.23. The van der Waals surface area contributed by atoms with Crippen LogP contribution in [0.2, 0.25) is 0 Å². The number of benzene rings is 1. The zero-order valence-electron chi connectivity index (χ0n) is 16.7. The molecule has 0 saturated carbocycles. The molecule has 3 rings (SSSR count). The Labute approximate surface area is 164 Å². The SMILES string of the molecule is Cc1nc(C(=O)N2CCC(=O)N(Cc3ccc(F)cc3)[C@H](C(C)C)C2)c(C)o1. The lowest BCUT2D eigenvalue weighted by molar-refractivity contribution is -0.134. The number of rotatable bonds is 4. The summed E-state index contributed by atoms with van der Waals surface area (Å²) in [7, 11) is 0. The zero-order valence-corrected chi connectivity index (χ0v) is 16.7. The number of amides is 2. The molecule has 7 heteroatoms. The maximum atomic E-state index is 13.2. The van der Waals surface area contributed by atoms with Crippen LogP contribution in [0, 0.1) is 25.6 Å². The molecule has 1 aliphatic heterocycles. The minimum Gasteiger partial charge on any atom is -0.445 e. The Hall–Kier alpha value is -2.70. The van der Waals surface area contributed by atoms with Gasteiger partial charge in [-0.15, -0.1) is 0 Å². The topological polar surface area (TPSA) is 66.7 Å². The van der Waals surface area contributed by atoms with Gasteiger partial charge in [0.25, 0.3) is 5.91 Å². The third kappa shape index (κ3) is 4.24. The van der Waals surface area contributed by atoms with Gasteiger partial charge in [-0.25, -0.2) is 9.37 Å². The van der Waals surface area contributed by atoms with E-state index < -0.39 is 0 Å². The van der Waals surface area contributed by atoms with Gasteiger partial charge in [0.2, 0.25) is 5.91 Å². The summed E-state index contributed by atoms with van der Waals surface area (Å²) in [4.78, 5) is 33.6. The molecular formula is C21H26FN3O3. The summed E-state index contributed by atoms with van der Waals surface area (Å²) in [6.07, 6.45) is 0.242. The van der Waals surface area contributed by atoms with Crippen LogP contribution in [0.3, 0.4) is 0 Å². The van der Waals surface area contributed by atoms with Crippen molar-refractivity contribution in [2.24, 2.45) is 5.92 Å². The number of halogens is 1. The Morgan fingerprint density at radius 1 is 1.29 bits per heavy atom. The molecule has 1 aliphatic rings. The zero-order chi connectivity index (χ0) is 20.4. The van der Waals surface area contributed by atoms with Crippen LogP contribution in [0.4, 0.5) is 4.39 Å². The molecule has 0 aliphatic carbocycles. The third-order valence-corrected chi connectivity index (χ3v) is 5.15. The smallest absolute Gasteiger partial charge is 0.276 e. The second kappa shape index (κ2) is 8.12. The van der Waals surface area contributed by atoms with Crippen LogP contribution in [0.1, 0.15) is 48.0 Å². The van der Waals surface area contributed by atoms with E-state index >= 15 is 0 Å². The maximum Gasteiger partial charge on any atom is 0.276 e. The first-order chi connectivity index (χ1) is 13.3. The molecule has 2 aromatic rings. The van der Waals surface area contributed by atoms with Gasteiger partial charge in [-0.3, -0.25) is 9.59 Å². The average Bonchev–Trinajstić information content (AvgIpc) is 2.89. The molecule has 0 spiro atoms. The Kier molecular flexibility index (Phi) is 5.82. The minimum absolute atomic E-state index is 0.00798. The molecule has 6 nitrogen and oxygen atoms in total. The molecule has 0 bridgehead atoms. The second-order valence-corrected chi connectivity index (χ2v) is 7.60. The number of nitrogens with zero attached hydrogens (tertiary/aromatic N) is 3. The lowest BCUT2D eigenvalue weighted by Gasteiger charge is -2.34. The summed E-state index contributed by atoms with van der Waals surface area (Å²) in [5.41, 5.74) is 1.17. The normalized spacial score (nSPS) is 17.9. The molecule has 0 unspecified atom stereocenters. The van der Waals surface area contributed by atoms with E-state index in [2.05, 4.69) is 4.98 Å². The van der Waals surface area contributed by atoms with Crippen molar-refractivity contribution in [3.63, 3.8) is 0 Å². The number of oxazole rings is 1. The molecule has 150 valence electrons. The van der Waals surface area contributed by atoms with Crippen LogP contribution in [0.5, 0.6) is 0 Å². The molecular weight excluding hydrogens is 361 g/mol. The first kappa shape index (κ1) is 20.0. The van der Waals surface area contributed by atoms with Gasteiger partial charge in [-0.1, -0.05) is 26.0 Å². The fourth-order valence-corrected chi connectivity index (χ4v) is 3.60. The molecule has 1 aromatic carbocycles. The Bertz CT molecular complexity index is 860. The van der Waals surface area contributed by atoms with E-state index in [-0.39, 0.29) is 36.0 Å². The van der Waals surface area contributed by atoms with Crippen molar-refractivity contribution < 1.29 is 18.4 Å². The predicted octanol–water partition coefficient (Wildman–Crippen LogP) is 3.33. The summed E-state index contributed by atoms with van der Waals surface area (Å²) in [6.45, 7) is 8.66. The highest BCUT2D eigenvalue weighted by atomic mass is 19.1. The molecule has 0 N–H and O–H groups in total. The summed E-state index contributed by atoms with van der Waals surface area (Å²) in [5.74, 6) is 0.564. The van der Waals surface area contributed by atoms with Gasteiger partial charge in [0.15, 0.2) is 11.6 Å². The molecule has 2 amide bonds. The van der Waals surface area contributed by atoms with Crippen molar-refractivity contribution in [1.82, 2.24) is 14.8 Å². The van der Waals surface area contributed by atoms with E-state index in [9.17, 15) is 14.0 Å². The maximum absolute atomic E-state index is 13.2. The number of aryl methyl sites for hydroxylation is 2. The number of carbonyl (C=O) groups is 2. The van der Waals surface area contributed by atoms with E-state index in [1.54, 1.807) is 30.9 Å².